The van der Waals surface area contributed by atoms with Crippen LogP contribution in [0.15, 0.2) is 23.3 Å². The maximum Gasteiger partial charge on any atom is 0.261 e. The zero-order chi connectivity index (χ0) is 16.0. The van der Waals surface area contributed by atoms with Crippen LogP contribution in [0, 0.1) is 9.39 Å². The van der Waals surface area contributed by atoms with Crippen molar-refractivity contribution in [3.05, 3.63) is 38.2 Å². The summed E-state index contributed by atoms with van der Waals surface area (Å²) in [6.07, 6.45) is 2.74. The third kappa shape index (κ3) is 2.38. The second kappa shape index (κ2) is 5.73. The van der Waals surface area contributed by atoms with Gasteiger partial charge in [0.2, 0.25) is 0 Å². The highest BCUT2D eigenvalue weighted by atomic mass is 127. The van der Waals surface area contributed by atoms with Crippen molar-refractivity contribution in [3.63, 3.8) is 0 Å². The molecule has 0 aromatic heterocycles. The quantitative estimate of drug-likeness (QED) is 0.407. The Balaban J connectivity index is 2.09. The molecule has 1 aromatic carbocycles. The smallest absolute Gasteiger partial charge is 0.261 e. The molecule has 0 atom stereocenters. The summed E-state index contributed by atoms with van der Waals surface area (Å²) in [5.74, 6) is -1.71. The van der Waals surface area contributed by atoms with Gasteiger partial charge in [-0.2, -0.15) is 0 Å². The molecule has 0 fully saturated rings. The Kier molecular flexibility index (Phi) is 4.07. The van der Waals surface area contributed by atoms with Crippen molar-refractivity contribution in [1.82, 2.24) is 0 Å². The molecule has 0 N–H and O–H groups in total. The lowest BCUT2D eigenvalue weighted by Crippen LogP contribution is -2.32. The van der Waals surface area contributed by atoms with Gasteiger partial charge in [0, 0.05) is 20.3 Å². The summed E-state index contributed by atoms with van der Waals surface area (Å²) in [5, 5.41) is -0.762. The number of hydrogen-bond donors (Lipinski definition) is 0. The van der Waals surface area contributed by atoms with Crippen LogP contribution in [0.5, 0.6) is 0 Å². The summed E-state index contributed by atoms with van der Waals surface area (Å²) in [5.41, 5.74) is 0.791. The van der Waals surface area contributed by atoms with Gasteiger partial charge in [0.1, 0.15) is 5.82 Å². The van der Waals surface area contributed by atoms with Crippen molar-refractivity contribution in [2.75, 3.05) is 4.90 Å². The van der Waals surface area contributed by atoms with E-state index in [9.17, 15) is 18.8 Å². The molecule has 0 bridgehead atoms. The van der Waals surface area contributed by atoms with Crippen molar-refractivity contribution in [2.24, 2.45) is 0 Å². The van der Waals surface area contributed by atoms with Crippen molar-refractivity contribution in [2.45, 2.75) is 25.7 Å². The summed E-state index contributed by atoms with van der Waals surface area (Å²) in [6.45, 7) is 0. The molecular formula is C15H10ClFINO3. The summed E-state index contributed by atoms with van der Waals surface area (Å²) in [7, 11) is 0. The molecule has 1 aromatic rings. The number of carbonyl (C=O) groups is 3. The molecule has 2 amide bonds. The molecule has 0 spiro atoms. The van der Waals surface area contributed by atoms with E-state index >= 15 is 0 Å². The second-order valence-corrected chi connectivity index (χ2v) is 6.67. The van der Waals surface area contributed by atoms with Gasteiger partial charge >= 0.3 is 0 Å². The number of carbonyl (C=O) groups excluding carboxylic acids is 3. The predicted molar refractivity (Wildman–Crippen MR) is 87.3 cm³/mol. The fraction of sp³-hybridized carbons (Fsp3) is 0.267. The third-order valence-electron chi connectivity index (χ3n) is 3.88. The molecule has 7 heteroatoms. The molecular weight excluding hydrogens is 424 g/mol. The van der Waals surface area contributed by atoms with Crippen molar-refractivity contribution in [3.8, 4) is 0 Å². The molecule has 1 heterocycles. The molecule has 4 nitrogen and oxygen atoms in total. The van der Waals surface area contributed by atoms with Gasteiger partial charge in [-0.05, 0) is 72.0 Å². The van der Waals surface area contributed by atoms with Gasteiger partial charge in [0.15, 0.2) is 0 Å². The van der Waals surface area contributed by atoms with E-state index in [-0.39, 0.29) is 11.3 Å². The Morgan fingerprint density at radius 3 is 2.18 bits per heavy atom. The lowest BCUT2D eigenvalue weighted by molar-refractivity contribution is -0.120. The fourth-order valence-corrected chi connectivity index (χ4v) is 3.81. The van der Waals surface area contributed by atoms with Crippen molar-refractivity contribution < 1.29 is 18.8 Å². The van der Waals surface area contributed by atoms with E-state index in [1.807, 2.05) is 0 Å². The monoisotopic (exact) mass is 433 g/mol. The molecule has 3 rings (SSSR count). The van der Waals surface area contributed by atoms with Crippen LogP contribution in [0.4, 0.5) is 10.1 Å². The fourth-order valence-electron chi connectivity index (χ4n) is 2.82. The molecule has 1 aliphatic carbocycles. The summed E-state index contributed by atoms with van der Waals surface area (Å²) in [6, 6.07) is 2.27. The van der Waals surface area contributed by atoms with E-state index in [0.717, 1.165) is 23.8 Å². The minimum Gasteiger partial charge on any atom is -0.276 e. The Labute approximate surface area is 144 Å². The zero-order valence-corrected chi connectivity index (χ0v) is 14.2. The first-order valence-electron chi connectivity index (χ1n) is 6.71. The van der Waals surface area contributed by atoms with Gasteiger partial charge in [-0.25, -0.2) is 9.29 Å². The Bertz CT molecular complexity index is 731. The molecule has 22 heavy (non-hydrogen) atoms. The van der Waals surface area contributed by atoms with E-state index in [1.54, 1.807) is 22.6 Å². The average Bonchev–Trinajstić information content (AvgIpc) is 2.72. The first-order valence-corrected chi connectivity index (χ1v) is 8.17. The van der Waals surface area contributed by atoms with Crippen LogP contribution in [-0.2, 0) is 9.59 Å². The molecule has 0 saturated heterocycles. The van der Waals surface area contributed by atoms with E-state index in [2.05, 4.69) is 0 Å². The number of benzene rings is 1. The van der Waals surface area contributed by atoms with Gasteiger partial charge in [-0.15, -0.1) is 0 Å². The van der Waals surface area contributed by atoms with Crippen LogP contribution < -0.4 is 4.90 Å². The van der Waals surface area contributed by atoms with Crippen LogP contribution in [0.3, 0.4) is 0 Å². The molecule has 2 aliphatic rings. The Morgan fingerprint density at radius 1 is 1.14 bits per heavy atom. The van der Waals surface area contributed by atoms with E-state index in [1.165, 1.54) is 6.07 Å². The van der Waals surface area contributed by atoms with Crippen LogP contribution in [0.1, 0.15) is 36.0 Å². The molecule has 0 radical (unpaired) electrons. The standard InChI is InChI=1S/C15H10ClFINO3/c16-13(20)9-5-12(10(17)6-11(9)18)19-14(21)7-3-1-2-4-8(7)15(19)22/h5-6H,1-4H2. The largest absolute Gasteiger partial charge is 0.276 e. The number of rotatable bonds is 2. The SMILES string of the molecule is O=C(Cl)c1cc(N2C(=O)C3=C(CCCC3)C2=O)c(F)cc1I. The highest BCUT2D eigenvalue weighted by Gasteiger charge is 2.41. The van der Waals surface area contributed by atoms with Crippen LogP contribution in [-0.4, -0.2) is 17.1 Å². The van der Waals surface area contributed by atoms with Gasteiger partial charge in [-0.3, -0.25) is 14.4 Å². The lowest BCUT2D eigenvalue weighted by Gasteiger charge is -2.17. The number of amides is 2. The van der Waals surface area contributed by atoms with E-state index < -0.39 is 22.9 Å². The average molecular weight is 434 g/mol. The van der Waals surface area contributed by atoms with Crippen molar-refractivity contribution in [1.29, 1.82) is 0 Å². The normalized spacial score (nSPS) is 18.0. The minimum absolute atomic E-state index is 0.0733. The molecule has 0 unspecified atom stereocenters. The first-order chi connectivity index (χ1) is 10.4. The van der Waals surface area contributed by atoms with Gasteiger partial charge in [0.25, 0.3) is 17.1 Å². The number of halogens is 3. The summed E-state index contributed by atoms with van der Waals surface area (Å²) >= 11 is 7.25. The topological polar surface area (TPSA) is 54.5 Å². The van der Waals surface area contributed by atoms with E-state index in [0.29, 0.717) is 27.6 Å². The van der Waals surface area contributed by atoms with Gasteiger partial charge in [0.05, 0.1) is 5.69 Å². The maximum atomic E-state index is 14.2. The maximum absolute atomic E-state index is 14.2. The minimum atomic E-state index is -0.762. The van der Waals surface area contributed by atoms with Crippen LogP contribution in [0.25, 0.3) is 0 Å². The van der Waals surface area contributed by atoms with Gasteiger partial charge in [-0.1, -0.05) is 0 Å². The molecule has 0 saturated carbocycles. The number of nitrogens with zero attached hydrogens (tertiary/aromatic N) is 1. The lowest BCUT2D eigenvalue weighted by atomic mass is 9.93. The highest BCUT2D eigenvalue weighted by molar-refractivity contribution is 14.1. The third-order valence-corrected chi connectivity index (χ3v) is 4.98. The van der Waals surface area contributed by atoms with Crippen molar-refractivity contribution >= 4 is 56.9 Å². The number of hydrogen-bond acceptors (Lipinski definition) is 3. The second-order valence-electron chi connectivity index (χ2n) is 5.17. The first kappa shape index (κ1) is 15.6. The summed E-state index contributed by atoms with van der Waals surface area (Å²) in [4.78, 5) is 37.1. The zero-order valence-electron chi connectivity index (χ0n) is 11.3. The number of imide groups is 1. The molecule has 114 valence electrons. The molecule has 1 aliphatic heterocycles. The Hall–Kier alpha value is -1.28. The van der Waals surface area contributed by atoms with E-state index in [4.69, 9.17) is 11.6 Å². The summed E-state index contributed by atoms with van der Waals surface area (Å²) < 4.78 is 14.6. The van der Waals surface area contributed by atoms with Crippen LogP contribution in [0.2, 0.25) is 0 Å². The van der Waals surface area contributed by atoms with Crippen LogP contribution >= 0.6 is 34.2 Å². The van der Waals surface area contributed by atoms with Gasteiger partial charge < -0.3 is 0 Å². The highest BCUT2D eigenvalue weighted by Crippen LogP contribution is 2.37. The Morgan fingerprint density at radius 2 is 1.68 bits per heavy atom. The number of anilines is 1. The predicted octanol–water partition coefficient (Wildman–Crippen LogP) is 3.55.